The number of anilines is 1. The van der Waals surface area contributed by atoms with Gasteiger partial charge in [0.2, 0.25) is 11.8 Å². The molecule has 106 valence electrons. The Morgan fingerprint density at radius 1 is 1.35 bits per heavy atom. The number of rotatable bonds is 2. The summed E-state index contributed by atoms with van der Waals surface area (Å²) < 4.78 is 26.2. The van der Waals surface area contributed by atoms with Crippen LogP contribution >= 0.6 is 0 Å². The molecule has 0 unspecified atom stereocenters. The van der Waals surface area contributed by atoms with Gasteiger partial charge in [-0.1, -0.05) is 12.1 Å². The normalized spacial score (nSPS) is 18.3. The number of carbonyl (C=O) groups excluding carboxylic acids is 1. The summed E-state index contributed by atoms with van der Waals surface area (Å²) >= 11 is 0. The maximum absolute atomic E-state index is 13.1. The van der Waals surface area contributed by atoms with Crippen LogP contribution in [0.2, 0.25) is 0 Å². The molecule has 1 fully saturated rings. The summed E-state index contributed by atoms with van der Waals surface area (Å²) in [6, 6.07) is 8.82. The third-order valence-electron chi connectivity index (χ3n) is 3.78. The van der Waals surface area contributed by atoms with Crippen molar-refractivity contribution in [3.8, 4) is 6.07 Å². The van der Waals surface area contributed by atoms with Crippen molar-refractivity contribution in [2.45, 2.75) is 31.6 Å². The Hall–Kier alpha value is -1.96. The van der Waals surface area contributed by atoms with Gasteiger partial charge in [-0.2, -0.15) is 5.26 Å². The first kappa shape index (κ1) is 14.4. The van der Waals surface area contributed by atoms with E-state index in [2.05, 4.69) is 0 Å². The van der Waals surface area contributed by atoms with Gasteiger partial charge in [0.25, 0.3) is 0 Å². The first-order valence-electron chi connectivity index (χ1n) is 6.59. The average molecular weight is 278 g/mol. The second-order valence-electron chi connectivity index (χ2n) is 5.16. The van der Waals surface area contributed by atoms with E-state index in [1.54, 1.807) is 31.3 Å². The minimum Gasteiger partial charge on any atom is -0.314 e. The van der Waals surface area contributed by atoms with Crippen molar-refractivity contribution in [2.75, 3.05) is 11.9 Å². The highest BCUT2D eigenvalue weighted by Crippen LogP contribution is 2.37. The summed E-state index contributed by atoms with van der Waals surface area (Å²) in [5, 5.41) is 9.04. The van der Waals surface area contributed by atoms with Gasteiger partial charge in [0.15, 0.2) is 0 Å². The lowest BCUT2D eigenvalue weighted by Gasteiger charge is -2.30. The van der Waals surface area contributed by atoms with Gasteiger partial charge < -0.3 is 4.90 Å². The van der Waals surface area contributed by atoms with Crippen LogP contribution < -0.4 is 4.90 Å². The topological polar surface area (TPSA) is 44.1 Å². The molecule has 1 aliphatic rings. The van der Waals surface area contributed by atoms with E-state index in [1.807, 2.05) is 6.07 Å². The predicted molar refractivity (Wildman–Crippen MR) is 71.5 cm³/mol. The summed E-state index contributed by atoms with van der Waals surface area (Å²) in [6.07, 6.45) is -0.0793. The number of alkyl halides is 2. The van der Waals surface area contributed by atoms with E-state index in [0.717, 1.165) is 0 Å². The second-order valence-corrected chi connectivity index (χ2v) is 5.16. The summed E-state index contributed by atoms with van der Waals surface area (Å²) in [5.41, 5.74) is 0.932. The monoisotopic (exact) mass is 278 g/mol. The Kier molecular flexibility index (Phi) is 4.03. The number of hydrogen-bond donors (Lipinski definition) is 0. The Labute approximate surface area is 116 Å². The van der Waals surface area contributed by atoms with E-state index in [4.69, 9.17) is 5.26 Å². The van der Waals surface area contributed by atoms with Crippen LogP contribution in [0.25, 0.3) is 0 Å². The molecule has 1 aromatic carbocycles. The number of nitriles is 1. The molecule has 0 atom stereocenters. The Bertz CT molecular complexity index is 541. The zero-order chi connectivity index (χ0) is 14.8. The molecule has 0 saturated heterocycles. The lowest BCUT2D eigenvalue weighted by molar-refractivity contribution is -0.126. The molecule has 0 N–H and O–H groups in total. The molecule has 1 aromatic rings. The van der Waals surface area contributed by atoms with Crippen LogP contribution in [0.5, 0.6) is 0 Å². The van der Waals surface area contributed by atoms with E-state index >= 15 is 0 Å². The minimum atomic E-state index is -2.64. The van der Waals surface area contributed by atoms with E-state index in [-0.39, 0.29) is 37.5 Å². The molecule has 0 bridgehead atoms. The van der Waals surface area contributed by atoms with Crippen molar-refractivity contribution >= 4 is 11.6 Å². The van der Waals surface area contributed by atoms with Crippen molar-refractivity contribution in [3.05, 3.63) is 29.8 Å². The molecular weight excluding hydrogens is 262 g/mol. The summed E-state index contributed by atoms with van der Waals surface area (Å²) in [5.74, 6) is -3.21. The highest BCUT2D eigenvalue weighted by atomic mass is 19.3. The van der Waals surface area contributed by atoms with Gasteiger partial charge >= 0.3 is 0 Å². The Balaban J connectivity index is 2.12. The number of amides is 1. The van der Waals surface area contributed by atoms with Crippen molar-refractivity contribution in [2.24, 2.45) is 5.92 Å². The van der Waals surface area contributed by atoms with Gasteiger partial charge in [-0.15, -0.1) is 0 Å². The minimum absolute atomic E-state index is 0.191. The molecule has 0 spiro atoms. The van der Waals surface area contributed by atoms with E-state index in [0.29, 0.717) is 11.3 Å². The number of carbonyl (C=O) groups is 1. The van der Waals surface area contributed by atoms with Crippen molar-refractivity contribution in [1.29, 1.82) is 5.26 Å². The van der Waals surface area contributed by atoms with Crippen LogP contribution in [0.3, 0.4) is 0 Å². The highest BCUT2D eigenvalue weighted by Gasteiger charge is 2.38. The number of benzene rings is 1. The van der Waals surface area contributed by atoms with E-state index < -0.39 is 5.92 Å². The molecule has 0 aliphatic heterocycles. The first-order valence-corrected chi connectivity index (χ1v) is 6.59. The quantitative estimate of drug-likeness (QED) is 0.832. The highest BCUT2D eigenvalue weighted by molar-refractivity contribution is 5.95. The van der Waals surface area contributed by atoms with Crippen molar-refractivity contribution < 1.29 is 13.6 Å². The molecule has 2 rings (SSSR count). The number of halogens is 2. The number of nitrogens with zero attached hydrogens (tertiary/aromatic N) is 2. The van der Waals surface area contributed by atoms with E-state index in [1.165, 1.54) is 4.90 Å². The lowest BCUT2D eigenvalue weighted by atomic mass is 9.86. The smallest absolute Gasteiger partial charge is 0.248 e. The molecule has 3 nitrogen and oxygen atoms in total. The molecule has 1 saturated carbocycles. The molecular formula is C15H16F2N2O. The maximum atomic E-state index is 13.1. The van der Waals surface area contributed by atoms with Gasteiger partial charge in [0.05, 0.1) is 11.3 Å². The maximum Gasteiger partial charge on any atom is 0.248 e. The number of para-hydroxylation sites is 1. The van der Waals surface area contributed by atoms with Crippen molar-refractivity contribution in [1.82, 2.24) is 0 Å². The van der Waals surface area contributed by atoms with Crippen LogP contribution in [0.1, 0.15) is 31.2 Å². The standard InChI is InChI=1S/C15H16F2N2O/c1-19(13-5-3-2-4-12(13)10-18)14(20)11-6-8-15(16,17)9-7-11/h2-5,11H,6-9H2,1H3. The molecule has 1 amide bonds. The fourth-order valence-corrected chi connectivity index (χ4v) is 2.54. The SMILES string of the molecule is CN(C(=O)C1CCC(F)(F)CC1)c1ccccc1C#N. The van der Waals surface area contributed by atoms with Gasteiger partial charge in [0.1, 0.15) is 6.07 Å². The molecule has 20 heavy (non-hydrogen) atoms. The molecule has 1 aliphatic carbocycles. The Morgan fingerprint density at radius 3 is 2.55 bits per heavy atom. The summed E-state index contributed by atoms with van der Waals surface area (Å²) in [6.45, 7) is 0. The third-order valence-corrected chi connectivity index (χ3v) is 3.78. The van der Waals surface area contributed by atoms with Gasteiger partial charge in [-0.05, 0) is 25.0 Å². The van der Waals surface area contributed by atoms with E-state index in [9.17, 15) is 13.6 Å². The van der Waals surface area contributed by atoms with Gasteiger partial charge in [-0.3, -0.25) is 4.79 Å². The fourth-order valence-electron chi connectivity index (χ4n) is 2.54. The third kappa shape index (κ3) is 2.96. The predicted octanol–water partition coefficient (Wildman–Crippen LogP) is 3.35. The molecule has 0 radical (unpaired) electrons. The van der Waals surface area contributed by atoms with Crippen molar-refractivity contribution in [3.63, 3.8) is 0 Å². The average Bonchev–Trinajstić information content (AvgIpc) is 2.45. The second kappa shape index (κ2) is 5.58. The molecule has 0 heterocycles. The lowest BCUT2D eigenvalue weighted by Crippen LogP contribution is -2.37. The molecule has 5 heteroatoms. The summed E-state index contributed by atoms with van der Waals surface area (Å²) in [7, 11) is 1.59. The van der Waals surface area contributed by atoms with Crippen LogP contribution in [-0.2, 0) is 4.79 Å². The largest absolute Gasteiger partial charge is 0.314 e. The van der Waals surface area contributed by atoms with Crippen LogP contribution in [-0.4, -0.2) is 18.9 Å². The summed E-state index contributed by atoms with van der Waals surface area (Å²) in [4.78, 5) is 13.8. The van der Waals surface area contributed by atoms with Gasteiger partial charge in [0, 0.05) is 25.8 Å². The van der Waals surface area contributed by atoms with Crippen LogP contribution in [0.15, 0.2) is 24.3 Å². The Morgan fingerprint density at radius 2 is 1.95 bits per heavy atom. The number of hydrogen-bond acceptors (Lipinski definition) is 2. The van der Waals surface area contributed by atoms with Gasteiger partial charge in [-0.25, -0.2) is 8.78 Å². The van der Waals surface area contributed by atoms with Crippen LogP contribution in [0, 0.1) is 17.2 Å². The zero-order valence-corrected chi connectivity index (χ0v) is 11.3. The first-order chi connectivity index (χ1) is 9.44. The fraction of sp³-hybridized carbons (Fsp3) is 0.467. The zero-order valence-electron chi connectivity index (χ0n) is 11.3. The van der Waals surface area contributed by atoms with Crippen LogP contribution in [0.4, 0.5) is 14.5 Å². The molecule has 0 aromatic heterocycles.